The van der Waals surface area contributed by atoms with Crippen LogP contribution in [0.4, 0.5) is 5.69 Å². The molecule has 0 saturated carbocycles. The van der Waals surface area contributed by atoms with Crippen LogP contribution < -0.4 is 4.90 Å². The van der Waals surface area contributed by atoms with Gasteiger partial charge >= 0.3 is 5.97 Å². The van der Waals surface area contributed by atoms with E-state index in [1.54, 1.807) is 12.1 Å². The molecule has 2 rings (SSSR count). The molecule has 1 heterocycles. The molecule has 20 heavy (non-hydrogen) atoms. The quantitative estimate of drug-likeness (QED) is 0.918. The van der Waals surface area contributed by atoms with E-state index in [-0.39, 0.29) is 0 Å². The predicted octanol–water partition coefficient (Wildman–Crippen LogP) is 2.61. The first-order chi connectivity index (χ1) is 9.52. The van der Waals surface area contributed by atoms with E-state index in [4.69, 9.17) is 5.11 Å². The van der Waals surface area contributed by atoms with Crippen LogP contribution in [0.2, 0.25) is 0 Å². The Kier molecular flexibility index (Phi) is 4.65. The zero-order chi connectivity index (χ0) is 14.7. The van der Waals surface area contributed by atoms with Gasteiger partial charge in [-0.15, -0.1) is 0 Å². The first-order valence-electron chi connectivity index (χ1n) is 7.32. The number of likely N-dealkylation sites (tertiary alicyclic amines) is 1. The third kappa shape index (κ3) is 3.12. The summed E-state index contributed by atoms with van der Waals surface area (Å²) < 4.78 is 0. The predicted molar refractivity (Wildman–Crippen MR) is 81.7 cm³/mol. The van der Waals surface area contributed by atoms with Crippen LogP contribution in [0.5, 0.6) is 0 Å². The van der Waals surface area contributed by atoms with Gasteiger partial charge in [0.15, 0.2) is 0 Å². The molecule has 4 heteroatoms. The van der Waals surface area contributed by atoms with Gasteiger partial charge in [0.25, 0.3) is 0 Å². The summed E-state index contributed by atoms with van der Waals surface area (Å²) in [5, 5.41) is 9.02. The highest BCUT2D eigenvalue weighted by Crippen LogP contribution is 2.26. The molecule has 1 aromatic carbocycles. The van der Waals surface area contributed by atoms with Crippen LogP contribution in [0, 0.1) is 6.92 Å². The highest BCUT2D eigenvalue weighted by molar-refractivity contribution is 5.88. The van der Waals surface area contributed by atoms with E-state index < -0.39 is 5.97 Å². The van der Waals surface area contributed by atoms with Crippen molar-refractivity contribution in [2.75, 3.05) is 31.6 Å². The van der Waals surface area contributed by atoms with E-state index in [2.05, 4.69) is 23.8 Å². The average molecular weight is 276 g/mol. The second kappa shape index (κ2) is 6.27. The lowest BCUT2D eigenvalue weighted by atomic mass is 10.0. The molecule has 1 aromatic rings. The number of benzene rings is 1. The summed E-state index contributed by atoms with van der Waals surface area (Å²) in [6.07, 6.45) is 2.34. The minimum Gasteiger partial charge on any atom is -0.478 e. The zero-order valence-electron chi connectivity index (χ0n) is 12.6. The van der Waals surface area contributed by atoms with Crippen molar-refractivity contribution >= 4 is 11.7 Å². The summed E-state index contributed by atoms with van der Waals surface area (Å²) in [5.41, 5.74) is 2.54. The number of rotatable bonds is 4. The average Bonchev–Trinajstić information content (AvgIpc) is 2.46. The van der Waals surface area contributed by atoms with Gasteiger partial charge in [-0.2, -0.15) is 0 Å². The highest BCUT2D eigenvalue weighted by Gasteiger charge is 2.22. The lowest BCUT2D eigenvalue weighted by Crippen LogP contribution is -2.43. The fraction of sp³-hybridized carbons (Fsp3) is 0.562. The van der Waals surface area contributed by atoms with E-state index >= 15 is 0 Å². The molecule has 0 atom stereocenters. The first-order valence-corrected chi connectivity index (χ1v) is 7.32. The molecule has 110 valence electrons. The second-order valence-corrected chi connectivity index (χ2v) is 5.58. The van der Waals surface area contributed by atoms with Crippen molar-refractivity contribution in [1.29, 1.82) is 0 Å². The van der Waals surface area contributed by atoms with Crippen molar-refractivity contribution in [2.45, 2.75) is 32.7 Å². The number of aryl methyl sites for hydroxylation is 1. The third-order valence-electron chi connectivity index (χ3n) is 4.38. The maximum absolute atomic E-state index is 11.0. The Bertz CT molecular complexity index is 479. The van der Waals surface area contributed by atoms with Crippen LogP contribution >= 0.6 is 0 Å². The van der Waals surface area contributed by atoms with Crippen molar-refractivity contribution in [3.8, 4) is 0 Å². The van der Waals surface area contributed by atoms with Gasteiger partial charge in [0, 0.05) is 31.9 Å². The lowest BCUT2D eigenvalue weighted by Gasteiger charge is -2.38. The van der Waals surface area contributed by atoms with Crippen molar-refractivity contribution in [1.82, 2.24) is 4.90 Å². The number of piperidine rings is 1. The maximum Gasteiger partial charge on any atom is 0.335 e. The summed E-state index contributed by atoms with van der Waals surface area (Å²) in [6, 6.07) is 5.94. The summed E-state index contributed by atoms with van der Waals surface area (Å²) in [6.45, 7) is 7.62. The standard InChI is InChI=1S/C16H24N2O2/c1-4-18-9-7-14(8-10-18)17(3)15-6-5-13(16(19)20)11-12(15)2/h5-6,11,14H,4,7-10H2,1-3H3,(H,19,20). The summed E-state index contributed by atoms with van der Waals surface area (Å²) >= 11 is 0. The van der Waals surface area contributed by atoms with Gasteiger partial charge in [-0.1, -0.05) is 6.92 Å². The largest absolute Gasteiger partial charge is 0.478 e. The van der Waals surface area contributed by atoms with E-state index in [0.717, 1.165) is 30.9 Å². The number of carboxylic acid groups (broad SMARTS) is 1. The molecule has 1 aliphatic rings. The summed E-state index contributed by atoms with van der Waals surface area (Å²) in [7, 11) is 2.12. The number of hydrogen-bond acceptors (Lipinski definition) is 3. The molecular weight excluding hydrogens is 252 g/mol. The molecule has 0 bridgehead atoms. The van der Waals surface area contributed by atoms with Gasteiger partial charge in [-0.3, -0.25) is 0 Å². The molecule has 0 radical (unpaired) electrons. The summed E-state index contributed by atoms with van der Waals surface area (Å²) in [5.74, 6) is -0.862. The monoisotopic (exact) mass is 276 g/mol. The molecule has 0 amide bonds. The molecule has 1 aliphatic heterocycles. The van der Waals surface area contributed by atoms with Gasteiger partial charge in [-0.25, -0.2) is 4.79 Å². The van der Waals surface area contributed by atoms with Gasteiger partial charge in [0.05, 0.1) is 5.56 Å². The number of hydrogen-bond donors (Lipinski definition) is 1. The van der Waals surface area contributed by atoms with Gasteiger partial charge in [-0.05, 0) is 50.1 Å². The topological polar surface area (TPSA) is 43.8 Å². The van der Waals surface area contributed by atoms with Gasteiger partial charge in [0.1, 0.15) is 0 Å². The zero-order valence-corrected chi connectivity index (χ0v) is 12.6. The fourth-order valence-corrected chi connectivity index (χ4v) is 3.00. The minimum absolute atomic E-state index is 0.362. The molecule has 0 aliphatic carbocycles. The first kappa shape index (κ1) is 14.9. The Labute approximate surface area is 121 Å². The van der Waals surface area contributed by atoms with E-state index in [9.17, 15) is 4.79 Å². The molecule has 0 unspecified atom stereocenters. The fourth-order valence-electron chi connectivity index (χ4n) is 3.00. The Morgan fingerprint density at radius 1 is 1.40 bits per heavy atom. The number of nitrogens with zero attached hydrogens (tertiary/aromatic N) is 2. The number of anilines is 1. The van der Waals surface area contributed by atoms with Gasteiger partial charge in [0.2, 0.25) is 0 Å². The van der Waals surface area contributed by atoms with Crippen molar-refractivity contribution < 1.29 is 9.90 Å². The molecular formula is C16H24N2O2. The number of aromatic carboxylic acids is 1. The molecule has 1 saturated heterocycles. The Balaban J connectivity index is 2.09. The van der Waals surface area contributed by atoms with Crippen LogP contribution in [0.1, 0.15) is 35.7 Å². The van der Waals surface area contributed by atoms with Crippen LogP contribution in [0.25, 0.3) is 0 Å². The highest BCUT2D eigenvalue weighted by atomic mass is 16.4. The second-order valence-electron chi connectivity index (χ2n) is 5.58. The Morgan fingerprint density at radius 2 is 2.05 bits per heavy atom. The van der Waals surface area contributed by atoms with Crippen molar-refractivity contribution in [2.24, 2.45) is 0 Å². The molecule has 0 spiro atoms. The molecule has 4 nitrogen and oxygen atoms in total. The SMILES string of the molecule is CCN1CCC(N(C)c2ccc(C(=O)O)cc2C)CC1. The van der Waals surface area contributed by atoms with Gasteiger partial charge < -0.3 is 14.9 Å². The summed E-state index contributed by atoms with van der Waals surface area (Å²) in [4.78, 5) is 15.8. The van der Waals surface area contributed by atoms with Crippen molar-refractivity contribution in [3.63, 3.8) is 0 Å². The van der Waals surface area contributed by atoms with Crippen LogP contribution in [0.15, 0.2) is 18.2 Å². The minimum atomic E-state index is -0.862. The maximum atomic E-state index is 11.0. The van der Waals surface area contributed by atoms with E-state index in [0.29, 0.717) is 11.6 Å². The van der Waals surface area contributed by atoms with Crippen LogP contribution in [0.3, 0.4) is 0 Å². The third-order valence-corrected chi connectivity index (χ3v) is 4.38. The van der Waals surface area contributed by atoms with Crippen LogP contribution in [-0.2, 0) is 0 Å². The van der Waals surface area contributed by atoms with Crippen LogP contribution in [-0.4, -0.2) is 48.7 Å². The molecule has 0 aromatic heterocycles. The smallest absolute Gasteiger partial charge is 0.335 e. The van der Waals surface area contributed by atoms with Crippen molar-refractivity contribution in [3.05, 3.63) is 29.3 Å². The molecule has 1 N–H and O–H groups in total. The lowest BCUT2D eigenvalue weighted by molar-refractivity contribution is 0.0697. The molecule has 1 fully saturated rings. The normalized spacial score (nSPS) is 17.1. The number of carbonyl (C=O) groups is 1. The van der Waals surface area contributed by atoms with E-state index in [1.807, 2.05) is 13.0 Å². The van der Waals surface area contributed by atoms with E-state index in [1.165, 1.54) is 12.8 Å². The number of carboxylic acids is 1. The Hall–Kier alpha value is -1.55. The Morgan fingerprint density at radius 3 is 2.55 bits per heavy atom.